The number of ether oxygens (including phenoxy) is 1. The van der Waals surface area contributed by atoms with Crippen LogP contribution in [0.3, 0.4) is 0 Å². The van der Waals surface area contributed by atoms with Gasteiger partial charge in [0.2, 0.25) is 5.91 Å². The van der Waals surface area contributed by atoms with E-state index < -0.39 is 12.1 Å². The highest BCUT2D eigenvalue weighted by atomic mass is 16.5. The van der Waals surface area contributed by atoms with Crippen LogP contribution in [-0.2, 0) is 14.3 Å². The molecule has 6 heteroatoms. The number of carbonyl (C=O) groups is 2. The molecule has 0 spiro atoms. The average molecular weight is 822 g/mol. The molecule has 2 unspecified atom stereocenters. The van der Waals surface area contributed by atoms with E-state index in [4.69, 9.17) is 4.74 Å². The van der Waals surface area contributed by atoms with Crippen LogP contribution in [0.15, 0.2) is 0 Å². The van der Waals surface area contributed by atoms with E-state index in [-0.39, 0.29) is 18.5 Å². The van der Waals surface area contributed by atoms with E-state index in [1.165, 1.54) is 225 Å². The van der Waals surface area contributed by atoms with Gasteiger partial charge >= 0.3 is 5.97 Å². The Hall–Kier alpha value is -1.14. The van der Waals surface area contributed by atoms with E-state index in [1.807, 2.05) is 0 Å². The average Bonchev–Trinajstić information content (AvgIpc) is 3.22. The fourth-order valence-corrected chi connectivity index (χ4v) is 8.35. The summed E-state index contributed by atoms with van der Waals surface area (Å²) in [5.41, 5.74) is 0. The molecule has 0 aromatic heterocycles. The first-order valence-electron chi connectivity index (χ1n) is 26.3. The number of rotatable bonds is 49. The maximum Gasteiger partial charge on any atom is 0.305 e. The first-order chi connectivity index (χ1) is 28.5. The molecule has 1 amide bonds. The highest BCUT2D eigenvalue weighted by Gasteiger charge is 2.20. The third-order valence-electron chi connectivity index (χ3n) is 12.4. The first-order valence-corrected chi connectivity index (χ1v) is 26.3. The molecule has 0 rings (SSSR count). The second kappa shape index (κ2) is 48.5. The zero-order chi connectivity index (χ0) is 42.3. The molecular formula is C52H103NO5. The number of hydrogen-bond acceptors (Lipinski definition) is 5. The lowest BCUT2D eigenvalue weighted by atomic mass is 10.0. The van der Waals surface area contributed by atoms with Gasteiger partial charge in [0.15, 0.2) is 0 Å². The molecule has 0 saturated heterocycles. The summed E-state index contributed by atoms with van der Waals surface area (Å²) < 4.78 is 5.45. The molecule has 0 heterocycles. The summed E-state index contributed by atoms with van der Waals surface area (Å²) in [5, 5.41) is 23.2. The minimum atomic E-state index is -0.664. The normalized spacial score (nSPS) is 12.6. The van der Waals surface area contributed by atoms with Gasteiger partial charge in [-0.1, -0.05) is 258 Å². The van der Waals surface area contributed by atoms with Crippen LogP contribution in [0.4, 0.5) is 0 Å². The minimum Gasteiger partial charge on any atom is -0.466 e. The minimum absolute atomic E-state index is 0.00740. The molecule has 0 radical (unpaired) electrons. The lowest BCUT2D eigenvalue weighted by Crippen LogP contribution is -2.45. The van der Waals surface area contributed by atoms with Crippen molar-refractivity contribution in [1.82, 2.24) is 5.32 Å². The van der Waals surface area contributed by atoms with Crippen molar-refractivity contribution in [3.8, 4) is 0 Å². The Morgan fingerprint density at radius 3 is 1.05 bits per heavy atom. The Morgan fingerprint density at radius 2 is 0.707 bits per heavy atom. The molecule has 3 N–H and O–H groups in total. The molecule has 58 heavy (non-hydrogen) atoms. The standard InChI is InChI=1S/C52H103NO5/c1-3-5-7-9-11-13-15-25-28-32-36-40-44-50(55)49(48-54)53-51(56)45-41-37-33-29-26-22-20-18-16-17-19-21-23-27-31-35-39-43-47-58-52(57)46-42-38-34-30-24-14-12-10-8-6-4-2/h49-50,54-55H,3-48H2,1-2H3,(H,53,56). The van der Waals surface area contributed by atoms with Crippen molar-refractivity contribution in [2.45, 2.75) is 309 Å². The summed E-state index contributed by atoms with van der Waals surface area (Å²) in [6.45, 7) is 4.95. The van der Waals surface area contributed by atoms with E-state index in [1.54, 1.807) is 0 Å². The van der Waals surface area contributed by atoms with E-state index in [0.717, 1.165) is 38.5 Å². The van der Waals surface area contributed by atoms with Crippen molar-refractivity contribution in [3.63, 3.8) is 0 Å². The van der Waals surface area contributed by atoms with Crippen LogP contribution >= 0.6 is 0 Å². The Morgan fingerprint density at radius 1 is 0.414 bits per heavy atom. The second-order valence-electron chi connectivity index (χ2n) is 18.2. The van der Waals surface area contributed by atoms with Crippen molar-refractivity contribution in [3.05, 3.63) is 0 Å². The van der Waals surface area contributed by atoms with Crippen LogP contribution in [0.25, 0.3) is 0 Å². The number of nitrogens with one attached hydrogen (secondary N) is 1. The highest BCUT2D eigenvalue weighted by Crippen LogP contribution is 2.17. The molecule has 0 bridgehead atoms. The van der Waals surface area contributed by atoms with Crippen molar-refractivity contribution in [2.24, 2.45) is 0 Å². The van der Waals surface area contributed by atoms with E-state index in [2.05, 4.69) is 19.2 Å². The van der Waals surface area contributed by atoms with Gasteiger partial charge in [0.1, 0.15) is 0 Å². The van der Waals surface area contributed by atoms with E-state index >= 15 is 0 Å². The van der Waals surface area contributed by atoms with Crippen molar-refractivity contribution in [2.75, 3.05) is 13.2 Å². The molecule has 6 nitrogen and oxygen atoms in total. The number of aliphatic hydroxyl groups excluding tert-OH is 2. The summed E-state index contributed by atoms with van der Waals surface area (Å²) in [7, 11) is 0. The van der Waals surface area contributed by atoms with Crippen LogP contribution in [0.5, 0.6) is 0 Å². The van der Waals surface area contributed by atoms with Crippen molar-refractivity contribution >= 4 is 11.9 Å². The first kappa shape index (κ1) is 56.9. The number of esters is 1. The molecule has 0 aliphatic heterocycles. The third-order valence-corrected chi connectivity index (χ3v) is 12.4. The van der Waals surface area contributed by atoms with Gasteiger partial charge in [0.05, 0.1) is 25.4 Å². The summed E-state index contributed by atoms with van der Waals surface area (Å²) >= 11 is 0. The lowest BCUT2D eigenvalue weighted by molar-refractivity contribution is -0.143. The van der Waals surface area contributed by atoms with Gasteiger partial charge in [-0.25, -0.2) is 0 Å². The predicted molar refractivity (Wildman–Crippen MR) is 250 cm³/mol. The highest BCUT2D eigenvalue weighted by molar-refractivity contribution is 5.76. The third kappa shape index (κ3) is 44.4. The van der Waals surface area contributed by atoms with Gasteiger partial charge in [-0.3, -0.25) is 9.59 Å². The van der Waals surface area contributed by atoms with Crippen molar-refractivity contribution in [1.29, 1.82) is 0 Å². The lowest BCUT2D eigenvalue weighted by Gasteiger charge is -2.22. The van der Waals surface area contributed by atoms with Gasteiger partial charge in [-0.05, 0) is 25.7 Å². The Labute approximate surface area is 362 Å². The van der Waals surface area contributed by atoms with E-state index in [0.29, 0.717) is 25.9 Å². The summed E-state index contributed by atoms with van der Waals surface area (Å²) in [6.07, 6.45) is 53.6. The molecule has 0 aromatic rings. The van der Waals surface area contributed by atoms with E-state index in [9.17, 15) is 19.8 Å². The zero-order valence-electron chi connectivity index (χ0n) is 39.3. The molecule has 0 aliphatic rings. The molecule has 2 atom stereocenters. The van der Waals surface area contributed by atoms with Crippen LogP contribution < -0.4 is 5.32 Å². The number of aliphatic hydroxyl groups is 2. The maximum absolute atomic E-state index is 12.4. The summed E-state index contributed by atoms with van der Waals surface area (Å²) in [6, 6.07) is -0.541. The van der Waals surface area contributed by atoms with Crippen LogP contribution in [0.2, 0.25) is 0 Å². The zero-order valence-corrected chi connectivity index (χ0v) is 39.3. The molecule has 346 valence electrons. The van der Waals surface area contributed by atoms with Gasteiger partial charge in [-0.15, -0.1) is 0 Å². The number of amides is 1. The fourth-order valence-electron chi connectivity index (χ4n) is 8.35. The maximum atomic E-state index is 12.4. The molecule has 0 aromatic carbocycles. The Balaban J connectivity index is 3.39. The summed E-state index contributed by atoms with van der Waals surface area (Å²) in [5.74, 6) is -0.0308. The van der Waals surface area contributed by atoms with Gasteiger partial charge in [-0.2, -0.15) is 0 Å². The number of carbonyl (C=O) groups excluding carboxylic acids is 2. The quantitative estimate of drug-likeness (QED) is 0.0420. The van der Waals surface area contributed by atoms with Crippen molar-refractivity contribution < 1.29 is 24.5 Å². The molecule has 0 aliphatic carbocycles. The van der Waals surface area contributed by atoms with Gasteiger partial charge < -0.3 is 20.3 Å². The molecule has 0 saturated carbocycles. The SMILES string of the molecule is CCCCCCCCCCCCCCC(O)C(CO)NC(=O)CCCCCCCCCCCCCCCCCCCCOC(=O)CCCCCCCCCCCCC. The smallest absolute Gasteiger partial charge is 0.305 e. The second-order valence-corrected chi connectivity index (χ2v) is 18.2. The van der Waals surface area contributed by atoms with Crippen LogP contribution in [0, 0.1) is 0 Å². The largest absolute Gasteiger partial charge is 0.466 e. The van der Waals surface area contributed by atoms with Gasteiger partial charge in [0.25, 0.3) is 0 Å². The van der Waals surface area contributed by atoms with Crippen LogP contribution in [-0.4, -0.2) is 47.4 Å². The topological polar surface area (TPSA) is 95.9 Å². The number of unbranched alkanes of at least 4 members (excludes halogenated alkanes) is 38. The monoisotopic (exact) mass is 822 g/mol. The van der Waals surface area contributed by atoms with Crippen LogP contribution in [0.1, 0.15) is 296 Å². The Kier molecular flexibility index (Phi) is 47.6. The summed E-state index contributed by atoms with van der Waals surface area (Å²) in [4.78, 5) is 24.4. The Bertz CT molecular complexity index is 822. The fraction of sp³-hybridized carbons (Fsp3) is 0.962. The molecule has 0 fully saturated rings. The number of hydrogen-bond donors (Lipinski definition) is 3. The van der Waals surface area contributed by atoms with Gasteiger partial charge in [0, 0.05) is 12.8 Å². The predicted octanol–water partition coefficient (Wildman–Crippen LogP) is 15.6. The molecular weight excluding hydrogens is 719 g/mol.